The summed E-state index contributed by atoms with van der Waals surface area (Å²) in [6, 6.07) is 8.61. The van der Waals surface area contributed by atoms with E-state index in [0.717, 1.165) is 38.7 Å². The van der Waals surface area contributed by atoms with Gasteiger partial charge in [0.25, 0.3) is 0 Å². The molecule has 3 aliphatic heterocycles. The Balaban J connectivity index is 1.51. The smallest absolute Gasteiger partial charge is 0.194 e. The Morgan fingerprint density at radius 1 is 1.09 bits per heavy atom. The minimum absolute atomic E-state index is 0.105. The Kier molecular flexibility index (Phi) is 8.08. The average molecular weight is 442 g/mol. The molecule has 1 aromatic carbocycles. The summed E-state index contributed by atoms with van der Waals surface area (Å²) in [5, 5.41) is 3.60. The lowest BCUT2D eigenvalue weighted by Crippen LogP contribution is -2.58. The van der Waals surface area contributed by atoms with Crippen LogP contribution in [0.2, 0.25) is 0 Å². The lowest BCUT2D eigenvalue weighted by atomic mass is 9.84. The van der Waals surface area contributed by atoms with Crippen LogP contribution in [0.15, 0.2) is 29.3 Å². The molecule has 0 bridgehead atoms. The molecule has 4 rings (SSSR count). The van der Waals surface area contributed by atoms with E-state index in [1.165, 1.54) is 69.4 Å². The number of nitrogens with one attached hydrogen (secondary N) is 1. The van der Waals surface area contributed by atoms with Crippen molar-refractivity contribution < 1.29 is 4.74 Å². The molecule has 3 heterocycles. The summed E-state index contributed by atoms with van der Waals surface area (Å²) in [6.07, 6.45) is 6.61. The normalized spacial score (nSPS) is 25.7. The first-order valence-electron chi connectivity index (χ1n) is 12.8. The number of hydrogen-bond acceptors (Lipinski definition) is 4. The zero-order valence-corrected chi connectivity index (χ0v) is 20.5. The van der Waals surface area contributed by atoms with Crippen LogP contribution in [-0.2, 0) is 4.74 Å². The molecule has 0 saturated carbocycles. The van der Waals surface area contributed by atoms with Crippen LogP contribution < -0.4 is 5.32 Å². The van der Waals surface area contributed by atoms with Gasteiger partial charge in [-0.05, 0) is 83.9 Å². The Labute approximate surface area is 195 Å². The number of ether oxygens (including phenoxy) is 1. The first-order chi connectivity index (χ1) is 15.6. The average Bonchev–Trinajstić information content (AvgIpc) is 2.84. The van der Waals surface area contributed by atoms with Gasteiger partial charge in [-0.25, -0.2) is 0 Å². The largest absolute Gasteiger partial charge is 0.370 e. The molecule has 3 saturated heterocycles. The quantitative estimate of drug-likeness (QED) is 0.561. The number of aryl methyl sites for hydroxylation is 1. The summed E-state index contributed by atoms with van der Waals surface area (Å²) in [6.45, 7) is 13.5. The van der Waals surface area contributed by atoms with Gasteiger partial charge in [-0.1, -0.05) is 30.7 Å². The fourth-order valence-corrected chi connectivity index (χ4v) is 5.60. The number of hydrogen-bond donors (Lipinski definition) is 1. The van der Waals surface area contributed by atoms with Gasteiger partial charge in [0, 0.05) is 18.6 Å². The molecule has 1 N–H and O–H groups in total. The molecular formula is C26H43N5O. The Morgan fingerprint density at radius 2 is 1.84 bits per heavy atom. The lowest BCUT2D eigenvalue weighted by molar-refractivity contribution is -0.00886. The first-order valence-corrected chi connectivity index (χ1v) is 12.8. The minimum atomic E-state index is 0.105. The lowest BCUT2D eigenvalue weighted by Gasteiger charge is -2.49. The van der Waals surface area contributed by atoms with Crippen molar-refractivity contribution >= 4 is 5.96 Å². The molecule has 0 spiro atoms. The Morgan fingerprint density at radius 3 is 2.56 bits per heavy atom. The van der Waals surface area contributed by atoms with E-state index < -0.39 is 0 Å². The highest BCUT2D eigenvalue weighted by atomic mass is 16.5. The summed E-state index contributed by atoms with van der Waals surface area (Å²) in [5.74, 6) is 1.06. The van der Waals surface area contributed by atoms with Crippen LogP contribution in [0.3, 0.4) is 0 Å². The van der Waals surface area contributed by atoms with E-state index in [4.69, 9.17) is 9.73 Å². The van der Waals surface area contributed by atoms with Crippen molar-refractivity contribution in [2.75, 3.05) is 66.0 Å². The molecular weight excluding hydrogens is 398 g/mol. The van der Waals surface area contributed by atoms with Gasteiger partial charge in [0.05, 0.1) is 19.7 Å². The molecule has 1 atom stereocenters. The summed E-state index contributed by atoms with van der Waals surface area (Å²) >= 11 is 0. The van der Waals surface area contributed by atoms with Crippen molar-refractivity contribution in [3.63, 3.8) is 0 Å². The van der Waals surface area contributed by atoms with Gasteiger partial charge < -0.3 is 19.9 Å². The summed E-state index contributed by atoms with van der Waals surface area (Å²) < 4.78 is 6.19. The topological polar surface area (TPSA) is 43.3 Å². The second-order valence-electron chi connectivity index (χ2n) is 9.91. The number of nitrogens with zero attached hydrogens (tertiary/aromatic N) is 4. The monoisotopic (exact) mass is 441 g/mol. The molecule has 0 aromatic heterocycles. The Bertz CT molecular complexity index is 752. The standard InChI is InChI=1S/C26H43N5O/c1-4-27-25(30-18-19-32-24(20-30)23-11-7-6-10-22(23)2)28-21-26(12-16-29(3)17-13-26)31-14-8-5-9-15-31/h6-7,10-11,24H,4-5,8-9,12-21H2,1-3H3,(H,27,28). The third-order valence-corrected chi connectivity index (χ3v) is 7.70. The van der Waals surface area contributed by atoms with Gasteiger partial charge in [0.1, 0.15) is 6.10 Å². The number of likely N-dealkylation sites (tertiary alicyclic amines) is 2. The molecule has 6 heteroatoms. The second kappa shape index (κ2) is 11.0. The maximum atomic E-state index is 6.19. The van der Waals surface area contributed by atoms with Crippen molar-refractivity contribution in [3.05, 3.63) is 35.4 Å². The second-order valence-corrected chi connectivity index (χ2v) is 9.91. The molecule has 1 unspecified atom stereocenters. The van der Waals surface area contributed by atoms with E-state index in [9.17, 15) is 0 Å². The molecule has 32 heavy (non-hydrogen) atoms. The summed E-state index contributed by atoms with van der Waals surface area (Å²) in [4.78, 5) is 13.0. The molecule has 0 radical (unpaired) electrons. The van der Waals surface area contributed by atoms with Crippen LogP contribution in [0.1, 0.15) is 56.3 Å². The van der Waals surface area contributed by atoms with Crippen LogP contribution in [0.5, 0.6) is 0 Å². The SMILES string of the molecule is CCNC(=NCC1(N2CCCCC2)CCN(C)CC1)N1CCOC(c2ccccc2C)C1. The maximum Gasteiger partial charge on any atom is 0.194 e. The van der Waals surface area contributed by atoms with Crippen LogP contribution in [0.4, 0.5) is 0 Å². The number of rotatable bonds is 5. The summed E-state index contributed by atoms with van der Waals surface area (Å²) in [7, 11) is 2.26. The van der Waals surface area contributed by atoms with Crippen LogP contribution in [0.25, 0.3) is 0 Å². The van der Waals surface area contributed by atoms with Gasteiger partial charge in [-0.2, -0.15) is 0 Å². The molecule has 3 fully saturated rings. The van der Waals surface area contributed by atoms with Crippen molar-refractivity contribution in [1.82, 2.24) is 20.0 Å². The van der Waals surface area contributed by atoms with E-state index in [0.29, 0.717) is 0 Å². The molecule has 3 aliphatic rings. The first kappa shape index (κ1) is 23.5. The van der Waals surface area contributed by atoms with Crippen LogP contribution in [0, 0.1) is 6.92 Å². The highest BCUT2D eigenvalue weighted by Gasteiger charge is 2.40. The highest BCUT2D eigenvalue weighted by Crippen LogP contribution is 2.32. The van der Waals surface area contributed by atoms with Crippen molar-refractivity contribution in [2.45, 2.75) is 57.6 Å². The zero-order chi connectivity index (χ0) is 22.4. The van der Waals surface area contributed by atoms with Gasteiger partial charge in [0.2, 0.25) is 0 Å². The maximum absolute atomic E-state index is 6.19. The van der Waals surface area contributed by atoms with Gasteiger partial charge in [-0.3, -0.25) is 9.89 Å². The molecule has 0 amide bonds. The molecule has 6 nitrogen and oxygen atoms in total. The van der Waals surface area contributed by atoms with Gasteiger partial charge in [0.15, 0.2) is 5.96 Å². The number of benzene rings is 1. The van der Waals surface area contributed by atoms with E-state index in [-0.39, 0.29) is 11.6 Å². The fourth-order valence-electron chi connectivity index (χ4n) is 5.60. The predicted molar refractivity (Wildman–Crippen MR) is 132 cm³/mol. The van der Waals surface area contributed by atoms with Crippen LogP contribution >= 0.6 is 0 Å². The third-order valence-electron chi connectivity index (χ3n) is 7.70. The number of morpholine rings is 1. The van der Waals surface area contributed by atoms with E-state index in [1.54, 1.807) is 0 Å². The summed E-state index contributed by atoms with van der Waals surface area (Å²) in [5.41, 5.74) is 2.82. The Hall–Kier alpha value is -1.63. The van der Waals surface area contributed by atoms with Gasteiger partial charge >= 0.3 is 0 Å². The number of guanidine groups is 1. The van der Waals surface area contributed by atoms with Gasteiger partial charge in [-0.15, -0.1) is 0 Å². The van der Waals surface area contributed by atoms with Crippen molar-refractivity contribution in [2.24, 2.45) is 4.99 Å². The van der Waals surface area contributed by atoms with Crippen LogP contribution in [-0.4, -0.2) is 92.2 Å². The van der Waals surface area contributed by atoms with E-state index >= 15 is 0 Å². The molecule has 178 valence electrons. The predicted octanol–water partition coefficient (Wildman–Crippen LogP) is 3.28. The highest BCUT2D eigenvalue weighted by molar-refractivity contribution is 5.80. The number of piperidine rings is 2. The zero-order valence-electron chi connectivity index (χ0n) is 20.5. The molecule has 1 aromatic rings. The van der Waals surface area contributed by atoms with E-state index in [1.807, 2.05) is 0 Å². The fraction of sp³-hybridized carbons (Fsp3) is 0.731. The third kappa shape index (κ3) is 5.46. The van der Waals surface area contributed by atoms with Crippen molar-refractivity contribution in [3.8, 4) is 0 Å². The molecule has 0 aliphatic carbocycles. The van der Waals surface area contributed by atoms with Crippen molar-refractivity contribution in [1.29, 1.82) is 0 Å². The van der Waals surface area contributed by atoms with E-state index in [2.05, 4.69) is 65.2 Å². The number of aliphatic imine (C=N–C) groups is 1. The minimum Gasteiger partial charge on any atom is -0.370 e.